The Kier molecular flexibility index (Phi) is 1.59. The van der Waals surface area contributed by atoms with Gasteiger partial charge >= 0.3 is 0 Å². The van der Waals surface area contributed by atoms with Gasteiger partial charge in [0.05, 0.1) is 0 Å². The summed E-state index contributed by atoms with van der Waals surface area (Å²) in [5.41, 5.74) is 4.20. The van der Waals surface area contributed by atoms with Crippen molar-refractivity contribution in [1.82, 2.24) is 0 Å². The Hall–Kier alpha value is -0.740. The topological polar surface area (TPSA) is 0 Å². The minimum absolute atomic E-state index is 0.722. The van der Waals surface area contributed by atoms with Crippen LogP contribution in [0.1, 0.15) is 13.3 Å². The van der Waals surface area contributed by atoms with Crippen LogP contribution in [0.2, 0.25) is 0 Å². The van der Waals surface area contributed by atoms with Gasteiger partial charge in [0, 0.05) is 0 Å². The summed E-state index contributed by atoms with van der Waals surface area (Å²) in [4.78, 5) is 0. The average Bonchev–Trinajstić information content (AvgIpc) is 2.64. The minimum atomic E-state index is 0.722. The smallest absolute Gasteiger partial charge is 0.00613 e. The highest BCUT2D eigenvalue weighted by Gasteiger charge is 2.35. The van der Waals surface area contributed by atoms with Gasteiger partial charge in [0.1, 0.15) is 0 Å². The Morgan fingerprint density at radius 1 is 1.78 bits per heavy atom. The SMILES string of the molecule is C=C=C(C)[C@H]1C[C@H]1C=C. The molecule has 0 aromatic rings. The van der Waals surface area contributed by atoms with Crippen LogP contribution < -0.4 is 0 Å². The lowest BCUT2D eigenvalue weighted by molar-refractivity contribution is 0.929. The fourth-order valence-corrected chi connectivity index (χ4v) is 1.10. The van der Waals surface area contributed by atoms with Crippen molar-refractivity contribution in [2.45, 2.75) is 13.3 Å². The van der Waals surface area contributed by atoms with Crippen LogP contribution in [0.15, 0.2) is 30.5 Å². The van der Waals surface area contributed by atoms with Gasteiger partial charge in [-0.2, -0.15) is 0 Å². The fourth-order valence-electron chi connectivity index (χ4n) is 1.10. The second kappa shape index (κ2) is 2.24. The normalized spacial score (nSPS) is 30.8. The van der Waals surface area contributed by atoms with Gasteiger partial charge in [-0.1, -0.05) is 12.7 Å². The Bertz CT molecular complexity index is 170. The molecule has 1 aliphatic carbocycles. The first-order valence-electron chi connectivity index (χ1n) is 3.28. The Labute approximate surface area is 56.6 Å². The third-order valence-corrected chi connectivity index (χ3v) is 1.98. The van der Waals surface area contributed by atoms with E-state index >= 15 is 0 Å². The van der Waals surface area contributed by atoms with E-state index in [1.54, 1.807) is 0 Å². The van der Waals surface area contributed by atoms with E-state index in [1.807, 2.05) is 6.08 Å². The zero-order chi connectivity index (χ0) is 6.85. The maximum absolute atomic E-state index is 3.73. The van der Waals surface area contributed by atoms with Crippen molar-refractivity contribution >= 4 is 0 Å². The number of allylic oxidation sites excluding steroid dienone is 2. The molecule has 2 atom stereocenters. The molecule has 1 saturated carbocycles. The number of hydrogen-bond donors (Lipinski definition) is 0. The Morgan fingerprint density at radius 3 is 2.78 bits per heavy atom. The van der Waals surface area contributed by atoms with E-state index in [4.69, 9.17) is 0 Å². The largest absolute Gasteiger partial charge is 0.130 e. The molecular weight excluding hydrogens is 108 g/mol. The molecule has 0 heteroatoms. The molecule has 0 heterocycles. The van der Waals surface area contributed by atoms with Crippen LogP contribution in [0, 0.1) is 11.8 Å². The standard InChI is InChI=1S/C9H12/c1-4-7(3)9-6-8(9)5-2/h5,8-9H,1-2,6H2,3H3/t8-,9-/m1/s1. The third-order valence-electron chi connectivity index (χ3n) is 1.98. The van der Waals surface area contributed by atoms with Crippen LogP contribution in [0.4, 0.5) is 0 Å². The van der Waals surface area contributed by atoms with E-state index in [1.165, 1.54) is 12.0 Å². The van der Waals surface area contributed by atoms with Gasteiger partial charge in [-0.25, -0.2) is 0 Å². The molecule has 0 N–H and O–H groups in total. The van der Waals surface area contributed by atoms with Gasteiger partial charge in [-0.3, -0.25) is 0 Å². The van der Waals surface area contributed by atoms with Crippen LogP contribution in [-0.4, -0.2) is 0 Å². The summed E-state index contributed by atoms with van der Waals surface area (Å²) in [6, 6.07) is 0. The van der Waals surface area contributed by atoms with Crippen LogP contribution >= 0.6 is 0 Å². The summed E-state index contributed by atoms with van der Waals surface area (Å²) in [6.45, 7) is 9.41. The quantitative estimate of drug-likeness (QED) is 0.388. The molecule has 0 aliphatic heterocycles. The molecular formula is C9H12. The zero-order valence-electron chi connectivity index (χ0n) is 5.85. The van der Waals surface area contributed by atoms with Gasteiger partial charge in [0.2, 0.25) is 0 Å². The fraction of sp³-hybridized carbons (Fsp3) is 0.444. The van der Waals surface area contributed by atoms with Gasteiger partial charge < -0.3 is 0 Å². The summed E-state index contributed by atoms with van der Waals surface area (Å²) < 4.78 is 0. The van der Waals surface area contributed by atoms with Crippen molar-refractivity contribution in [3.05, 3.63) is 30.5 Å². The van der Waals surface area contributed by atoms with Crippen LogP contribution in [-0.2, 0) is 0 Å². The van der Waals surface area contributed by atoms with Crippen molar-refractivity contribution in [3.8, 4) is 0 Å². The van der Waals surface area contributed by atoms with Crippen LogP contribution in [0.5, 0.6) is 0 Å². The van der Waals surface area contributed by atoms with Crippen LogP contribution in [0.3, 0.4) is 0 Å². The molecule has 1 fully saturated rings. The molecule has 0 bridgehead atoms. The van der Waals surface area contributed by atoms with Gasteiger partial charge in [0.15, 0.2) is 0 Å². The van der Waals surface area contributed by atoms with Crippen LogP contribution in [0.25, 0.3) is 0 Å². The van der Waals surface area contributed by atoms with Crippen molar-refractivity contribution in [2.75, 3.05) is 0 Å². The highest BCUT2D eigenvalue weighted by molar-refractivity contribution is 5.15. The molecule has 48 valence electrons. The summed E-state index contributed by atoms with van der Waals surface area (Å²) in [5.74, 6) is 1.44. The second-order valence-corrected chi connectivity index (χ2v) is 2.60. The van der Waals surface area contributed by atoms with Crippen molar-refractivity contribution in [1.29, 1.82) is 0 Å². The zero-order valence-corrected chi connectivity index (χ0v) is 5.85. The van der Waals surface area contributed by atoms with E-state index in [9.17, 15) is 0 Å². The lowest BCUT2D eigenvalue weighted by Crippen LogP contribution is -1.77. The van der Waals surface area contributed by atoms with Gasteiger partial charge in [0.25, 0.3) is 0 Å². The summed E-state index contributed by atoms with van der Waals surface area (Å²) >= 11 is 0. The molecule has 1 rings (SSSR count). The van der Waals surface area contributed by atoms with Gasteiger partial charge in [-0.15, -0.1) is 12.3 Å². The van der Waals surface area contributed by atoms with E-state index < -0.39 is 0 Å². The summed E-state index contributed by atoms with van der Waals surface area (Å²) in [6.07, 6.45) is 3.28. The van der Waals surface area contributed by atoms with Gasteiger partial charge in [-0.05, 0) is 30.8 Å². The lowest BCUT2D eigenvalue weighted by Gasteiger charge is -1.88. The Balaban J connectivity index is 2.51. The lowest BCUT2D eigenvalue weighted by atomic mass is 10.2. The van der Waals surface area contributed by atoms with Crippen molar-refractivity contribution in [2.24, 2.45) is 11.8 Å². The molecule has 0 nitrogen and oxygen atoms in total. The molecule has 0 amide bonds. The maximum atomic E-state index is 3.73. The highest BCUT2D eigenvalue weighted by atomic mass is 14.4. The van der Waals surface area contributed by atoms with E-state index in [2.05, 4.69) is 25.8 Å². The Morgan fingerprint density at radius 2 is 2.44 bits per heavy atom. The molecule has 0 unspecified atom stereocenters. The predicted molar refractivity (Wildman–Crippen MR) is 40.1 cm³/mol. The molecule has 1 aliphatic rings. The third kappa shape index (κ3) is 1.14. The molecule has 9 heavy (non-hydrogen) atoms. The molecule has 0 saturated heterocycles. The first kappa shape index (κ1) is 6.38. The van der Waals surface area contributed by atoms with Crippen molar-refractivity contribution < 1.29 is 0 Å². The summed E-state index contributed by atoms with van der Waals surface area (Å²) in [7, 11) is 0. The summed E-state index contributed by atoms with van der Waals surface area (Å²) in [5, 5.41) is 0. The van der Waals surface area contributed by atoms with E-state index in [0.29, 0.717) is 0 Å². The molecule has 0 aromatic heterocycles. The average molecular weight is 120 g/mol. The monoisotopic (exact) mass is 120 g/mol. The first-order valence-corrected chi connectivity index (χ1v) is 3.28. The molecule has 0 aromatic carbocycles. The second-order valence-electron chi connectivity index (χ2n) is 2.60. The molecule has 0 radical (unpaired) electrons. The van der Waals surface area contributed by atoms with E-state index in [0.717, 1.165) is 11.8 Å². The predicted octanol–water partition coefficient (Wildman–Crippen LogP) is 2.54. The first-order chi connectivity index (χ1) is 4.29. The van der Waals surface area contributed by atoms with Crippen molar-refractivity contribution in [3.63, 3.8) is 0 Å². The number of rotatable bonds is 2. The number of hydrogen-bond acceptors (Lipinski definition) is 0. The minimum Gasteiger partial charge on any atom is -0.130 e. The maximum Gasteiger partial charge on any atom is -0.00613 e. The highest BCUT2D eigenvalue weighted by Crippen LogP contribution is 2.43. The molecule has 0 spiro atoms. The van der Waals surface area contributed by atoms with E-state index in [-0.39, 0.29) is 0 Å².